The van der Waals surface area contributed by atoms with Crippen LogP contribution in [0.2, 0.25) is 0 Å². The van der Waals surface area contributed by atoms with Gasteiger partial charge in [-0.2, -0.15) is 0 Å². The molecule has 0 spiro atoms. The van der Waals surface area contributed by atoms with E-state index in [1.54, 1.807) is 52.0 Å². The highest BCUT2D eigenvalue weighted by Crippen LogP contribution is 2.64. The summed E-state index contributed by atoms with van der Waals surface area (Å²) in [5.74, 6) is -8.76. The summed E-state index contributed by atoms with van der Waals surface area (Å²) in [7, 11) is 0. The molecule has 3 unspecified atom stereocenters. The molecule has 0 radical (unpaired) electrons. The summed E-state index contributed by atoms with van der Waals surface area (Å²) in [6, 6.07) is 10.2. The maximum Gasteiger partial charge on any atom is 0.190 e. The van der Waals surface area contributed by atoms with Gasteiger partial charge in [0.05, 0.1) is 11.5 Å². The van der Waals surface area contributed by atoms with Gasteiger partial charge in [-0.15, -0.1) is 0 Å². The lowest BCUT2D eigenvalue weighted by atomic mass is 9.40. The largest absolute Gasteiger partial charge is 0.507 e. The van der Waals surface area contributed by atoms with Crippen molar-refractivity contribution in [2.75, 3.05) is 0 Å². The molecule has 0 heterocycles. The third-order valence-corrected chi connectivity index (χ3v) is 10.9. The molecule has 2 N–H and O–H groups in total. The van der Waals surface area contributed by atoms with Crippen molar-refractivity contribution in [3.8, 4) is 16.9 Å². The molecule has 2 aromatic carbocycles. The van der Waals surface area contributed by atoms with Crippen LogP contribution in [0.3, 0.4) is 0 Å². The van der Waals surface area contributed by atoms with Crippen LogP contribution in [-0.2, 0) is 25.6 Å². The third-order valence-electron chi connectivity index (χ3n) is 10.9. The Labute approximate surface area is 270 Å². The van der Waals surface area contributed by atoms with Crippen molar-refractivity contribution < 1.29 is 39.0 Å². The SMILES string of the molecule is CC(=O)C1C(=O)C(C(C)C)[C@@]2(C)C[C@@]3(C)Cc4c(-c5cccc(C(=O)CCCC(C)C)c5)ccc(O)c4C(=O)C3C(=O)[C@@]2(O)C1=O. The Balaban J connectivity index is 1.63. The average Bonchev–Trinajstić information content (AvgIpc) is 2.94. The lowest BCUT2D eigenvalue weighted by Crippen LogP contribution is -2.76. The van der Waals surface area contributed by atoms with Crippen molar-refractivity contribution in [2.45, 2.75) is 86.2 Å². The van der Waals surface area contributed by atoms with Crippen LogP contribution in [0.4, 0.5) is 0 Å². The van der Waals surface area contributed by atoms with Crippen molar-refractivity contribution in [3.05, 3.63) is 53.1 Å². The topological polar surface area (TPSA) is 143 Å². The van der Waals surface area contributed by atoms with Gasteiger partial charge in [-0.05, 0) is 72.3 Å². The number of rotatable bonds is 8. The van der Waals surface area contributed by atoms with Gasteiger partial charge in [0, 0.05) is 23.3 Å². The maximum absolute atomic E-state index is 14.5. The molecule has 46 heavy (non-hydrogen) atoms. The van der Waals surface area contributed by atoms with E-state index >= 15 is 0 Å². The number of hydrogen-bond acceptors (Lipinski definition) is 8. The Morgan fingerprint density at radius 2 is 1.65 bits per heavy atom. The Bertz CT molecular complexity index is 1680. The number of benzene rings is 2. The smallest absolute Gasteiger partial charge is 0.190 e. The first-order chi connectivity index (χ1) is 21.4. The van der Waals surface area contributed by atoms with Gasteiger partial charge in [0.15, 0.2) is 34.5 Å². The molecule has 244 valence electrons. The van der Waals surface area contributed by atoms with Crippen LogP contribution < -0.4 is 0 Å². The lowest BCUT2D eigenvalue weighted by Gasteiger charge is -2.61. The van der Waals surface area contributed by atoms with E-state index in [4.69, 9.17) is 0 Å². The molecule has 8 nitrogen and oxygen atoms in total. The number of aliphatic hydroxyl groups is 1. The van der Waals surface area contributed by atoms with E-state index in [9.17, 15) is 39.0 Å². The lowest BCUT2D eigenvalue weighted by molar-refractivity contribution is -0.205. The van der Waals surface area contributed by atoms with E-state index in [2.05, 4.69) is 13.8 Å². The van der Waals surface area contributed by atoms with E-state index in [-0.39, 0.29) is 29.9 Å². The van der Waals surface area contributed by atoms with Crippen LogP contribution in [0.5, 0.6) is 5.75 Å². The van der Waals surface area contributed by atoms with Crippen LogP contribution in [-0.4, -0.2) is 50.5 Å². The molecule has 5 rings (SSSR count). The van der Waals surface area contributed by atoms with E-state index in [0.29, 0.717) is 34.6 Å². The maximum atomic E-state index is 14.5. The zero-order chi connectivity index (χ0) is 34.1. The highest BCUT2D eigenvalue weighted by atomic mass is 16.3. The summed E-state index contributed by atoms with van der Waals surface area (Å²) in [5, 5.41) is 23.2. The Morgan fingerprint density at radius 3 is 2.26 bits per heavy atom. The molecule has 0 amide bonds. The first-order valence-corrected chi connectivity index (χ1v) is 16.3. The molecule has 3 aliphatic carbocycles. The Kier molecular flexibility index (Phi) is 8.38. The summed E-state index contributed by atoms with van der Waals surface area (Å²) in [4.78, 5) is 82.0. The minimum atomic E-state index is -2.74. The van der Waals surface area contributed by atoms with Crippen LogP contribution >= 0.6 is 0 Å². The Morgan fingerprint density at radius 1 is 0.978 bits per heavy atom. The second-order valence-electron chi connectivity index (χ2n) is 15.1. The second kappa shape index (κ2) is 11.5. The fraction of sp³-hybridized carbons (Fsp3) is 0.526. The summed E-state index contributed by atoms with van der Waals surface area (Å²) < 4.78 is 0. The monoisotopic (exact) mass is 628 g/mol. The van der Waals surface area contributed by atoms with Crippen molar-refractivity contribution in [3.63, 3.8) is 0 Å². The highest BCUT2D eigenvalue weighted by molar-refractivity contribution is 6.32. The average molecular weight is 629 g/mol. The fourth-order valence-electron chi connectivity index (χ4n) is 9.08. The van der Waals surface area contributed by atoms with Crippen LogP contribution in [0, 0.1) is 40.4 Å². The molecular weight excluding hydrogens is 584 g/mol. The fourth-order valence-corrected chi connectivity index (χ4v) is 9.08. The normalized spacial score (nSPS) is 30.7. The molecule has 0 aliphatic heterocycles. The van der Waals surface area contributed by atoms with Crippen molar-refractivity contribution in [1.29, 1.82) is 0 Å². The van der Waals surface area contributed by atoms with Crippen molar-refractivity contribution in [2.24, 2.45) is 40.4 Å². The van der Waals surface area contributed by atoms with Gasteiger partial charge in [0.1, 0.15) is 17.5 Å². The highest BCUT2D eigenvalue weighted by Gasteiger charge is 2.76. The minimum absolute atomic E-state index is 0.0126. The molecular formula is C38H44O8. The van der Waals surface area contributed by atoms with Gasteiger partial charge in [0.25, 0.3) is 0 Å². The van der Waals surface area contributed by atoms with Gasteiger partial charge in [0.2, 0.25) is 0 Å². The zero-order valence-corrected chi connectivity index (χ0v) is 27.7. The second-order valence-corrected chi connectivity index (χ2v) is 15.1. The third kappa shape index (κ3) is 4.83. The molecule has 2 fully saturated rings. The summed E-state index contributed by atoms with van der Waals surface area (Å²) in [6.45, 7) is 12.2. The number of carbonyl (C=O) groups excluding carboxylic acids is 6. The number of phenols is 1. The number of phenolic OH excluding ortho intramolecular Hbond substituents is 1. The molecule has 2 saturated carbocycles. The number of fused-ring (bicyclic) bond motifs is 3. The number of carbonyl (C=O) groups is 6. The standard InChI is InChI=1S/C38H44O8/c1-19(2)10-8-13-26(40)23-12-9-11-22(16-23)24-14-15-27(41)29-25(24)17-36(6)18-37(7)30(20(3)4)32(42)28(21(5)39)34(44)38(37,46)35(45)31(36)33(29)43/h9,11-12,14-16,19-20,28,30-31,41,46H,8,10,13,17-18H2,1-7H3/t28?,30?,31?,36-,37-,38+/m1/s1. The van der Waals surface area contributed by atoms with E-state index in [0.717, 1.165) is 19.8 Å². The molecule has 2 aromatic rings. The van der Waals surface area contributed by atoms with Crippen LogP contribution in [0.15, 0.2) is 36.4 Å². The van der Waals surface area contributed by atoms with E-state index < -0.39 is 69.0 Å². The molecule has 8 heteroatoms. The van der Waals surface area contributed by atoms with E-state index in [1.165, 1.54) is 6.07 Å². The Hall–Kier alpha value is -3.78. The number of ketones is 6. The first-order valence-electron chi connectivity index (χ1n) is 16.3. The summed E-state index contributed by atoms with van der Waals surface area (Å²) >= 11 is 0. The zero-order valence-electron chi connectivity index (χ0n) is 27.7. The summed E-state index contributed by atoms with van der Waals surface area (Å²) in [5.41, 5.74) is -3.16. The molecule has 0 bridgehead atoms. The first kappa shape index (κ1) is 33.6. The predicted octanol–water partition coefficient (Wildman–Crippen LogP) is 5.77. The minimum Gasteiger partial charge on any atom is -0.507 e. The van der Waals surface area contributed by atoms with Crippen LogP contribution in [0.1, 0.15) is 100 Å². The molecule has 6 atom stereocenters. The van der Waals surface area contributed by atoms with Crippen LogP contribution in [0.25, 0.3) is 11.1 Å². The van der Waals surface area contributed by atoms with Gasteiger partial charge < -0.3 is 10.2 Å². The molecule has 0 saturated heterocycles. The summed E-state index contributed by atoms with van der Waals surface area (Å²) in [6.07, 6.45) is 2.24. The van der Waals surface area contributed by atoms with Gasteiger partial charge in [-0.25, -0.2) is 0 Å². The quantitative estimate of drug-likeness (QED) is 0.277. The molecule has 0 aromatic heterocycles. The van der Waals surface area contributed by atoms with Gasteiger partial charge in [-0.1, -0.05) is 72.2 Å². The number of Topliss-reactive ketones (excluding diaryl/α,β-unsaturated/α-hetero) is 6. The number of hydrogen-bond donors (Lipinski definition) is 2. The van der Waals surface area contributed by atoms with Crippen molar-refractivity contribution in [1.82, 2.24) is 0 Å². The van der Waals surface area contributed by atoms with Crippen molar-refractivity contribution >= 4 is 34.7 Å². The molecule has 3 aliphatic rings. The van der Waals surface area contributed by atoms with E-state index in [1.807, 2.05) is 6.07 Å². The van der Waals surface area contributed by atoms with Gasteiger partial charge in [-0.3, -0.25) is 28.8 Å². The number of aromatic hydroxyl groups is 1. The van der Waals surface area contributed by atoms with Gasteiger partial charge >= 0.3 is 0 Å². The predicted molar refractivity (Wildman–Crippen MR) is 171 cm³/mol.